The Morgan fingerprint density at radius 2 is 2.24 bits per heavy atom. The SMILES string of the molecule is CN=C(NCc1ccsc1)NCC1CCN(c2cc(Cl)ccc2C)C1. The van der Waals surface area contributed by atoms with Crippen molar-refractivity contribution in [1.29, 1.82) is 0 Å². The molecule has 1 aliphatic rings. The molecule has 0 aliphatic carbocycles. The average Bonchev–Trinajstić information content (AvgIpc) is 3.29. The van der Waals surface area contributed by atoms with Crippen LogP contribution in [0.5, 0.6) is 0 Å². The summed E-state index contributed by atoms with van der Waals surface area (Å²) in [6, 6.07) is 8.26. The zero-order valence-electron chi connectivity index (χ0n) is 14.8. The maximum absolute atomic E-state index is 6.17. The van der Waals surface area contributed by atoms with Gasteiger partial charge in [-0.2, -0.15) is 11.3 Å². The van der Waals surface area contributed by atoms with Crippen molar-refractivity contribution in [3.63, 3.8) is 0 Å². The molecule has 1 saturated heterocycles. The van der Waals surface area contributed by atoms with Crippen molar-refractivity contribution in [2.75, 3.05) is 31.6 Å². The van der Waals surface area contributed by atoms with Crippen molar-refractivity contribution in [3.8, 4) is 0 Å². The number of halogens is 1. The average molecular weight is 377 g/mol. The van der Waals surface area contributed by atoms with E-state index in [1.165, 1.54) is 23.2 Å². The maximum atomic E-state index is 6.17. The summed E-state index contributed by atoms with van der Waals surface area (Å²) in [4.78, 5) is 6.76. The molecule has 6 heteroatoms. The predicted molar refractivity (Wildman–Crippen MR) is 109 cm³/mol. The van der Waals surface area contributed by atoms with E-state index in [2.05, 4.69) is 56.4 Å². The summed E-state index contributed by atoms with van der Waals surface area (Å²) >= 11 is 7.89. The largest absolute Gasteiger partial charge is 0.371 e. The highest BCUT2D eigenvalue weighted by Crippen LogP contribution is 2.29. The summed E-state index contributed by atoms with van der Waals surface area (Å²) in [6.07, 6.45) is 1.18. The van der Waals surface area contributed by atoms with Gasteiger partial charge in [-0.1, -0.05) is 17.7 Å². The van der Waals surface area contributed by atoms with Crippen LogP contribution in [0.3, 0.4) is 0 Å². The molecule has 0 spiro atoms. The van der Waals surface area contributed by atoms with E-state index in [1.807, 2.05) is 13.1 Å². The number of rotatable bonds is 5. The number of aliphatic imine (C=N–C) groups is 1. The van der Waals surface area contributed by atoms with Crippen LogP contribution >= 0.6 is 22.9 Å². The fourth-order valence-corrected chi connectivity index (χ4v) is 4.02. The van der Waals surface area contributed by atoms with Crippen molar-refractivity contribution in [2.24, 2.45) is 10.9 Å². The Labute approximate surface area is 158 Å². The molecule has 1 aliphatic heterocycles. The molecule has 0 amide bonds. The molecule has 1 atom stereocenters. The molecule has 2 aromatic rings. The Hall–Kier alpha value is -1.72. The fraction of sp³-hybridized carbons (Fsp3) is 0.421. The van der Waals surface area contributed by atoms with Crippen LogP contribution in [0.4, 0.5) is 5.69 Å². The highest BCUT2D eigenvalue weighted by atomic mass is 35.5. The van der Waals surface area contributed by atoms with Gasteiger partial charge in [0.2, 0.25) is 0 Å². The van der Waals surface area contributed by atoms with E-state index in [0.717, 1.165) is 37.2 Å². The van der Waals surface area contributed by atoms with Gasteiger partial charge in [0.25, 0.3) is 0 Å². The molecule has 3 rings (SSSR count). The van der Waals surface area contributed by atoms with Gasteiger partial charge in [-0.25, -0.2) is 0 Å². The number of aryl methyl sites for hydroxylation is 1. The molecule has 1 fully saturated rings. The van der Waals surface area contributed by atoms with Crippen molar-refractivity contribution in [1.82, 2.24) is 10.6 Å². The van der Waals surface area contributed by atoms with Crippen LogP contribution in [0.2, 0.25) is 5.02 Å². The minimum atomic E-state index is 0.609. The van der Waals surface area contributed by atoms with Crippen molar-refractivity contribution >= 4 is 34.6 Å². The number of benzene rings is 1. The third-order valence-corrected chi connectivity index (χ3v) is 5.59. The van der Waals surface area contributed by atoms with Gasteiger partial charge in [0.05, 0.1) is 0 Å². The Balaban J connectivity index is 1.48. The zero-order valence-corrected chi connectivity index (χ0v) is 16.3. The Morgan fingerprint density at radius 3 is 3.00 bits per heavy atom. The third kappa shape index (κ3) is 4.89. The van der Waals surface area contributed by atoms with Crippen molar-refractivity contribution in [3.05, 3.63) is 51.2 Å². The summed E-state index contributed by atoms with van der Waals surface area (Å²) < 4.78 is 0. The van der Waals surface area contributed by atoms with Gasteiger partial charge in [0, 0.05) is 43.9 Å². The topological polar surface area (TPSA) is 39.7 Å². The quantitative estimate of drug-likeness (QED) is 0.614. The Bertz CT molecular complexity index is 714. The first-order chi connectivity index (χ1) is 12.2. The summed E-state index contributed by atoms with van der Waals surface area (Å²) in [5, 5.41) is 11.9. The standard InChI is InChI=1S/C19H25ClN4S/c1-14-3-4-17(20)9-18(14)24-7-5-15(12-24)10-22-19(21-2)23-11-16-6-8-25-13-16/h3-4,6,8-9,13,15H,5,7,10-12H2,1-2H3,(H2,21,22,23). The highest BCUT2D eigenvalue weighted by Gasteiger charge is 2.23. The molecule has 25 heavy (non-hydrogen) atoms. The molecule has 1 aromatic carbocycles. The number of guanidine groups is 1. The van der Waals surface area contributed by atoms with E-state index < -0.39 is 0 Å². The first-order valence-corrected chi connectivity index (χ1v) is 9.94. The fourth-order valence-electron chi connectivity index (χ4n) is 3.18. The first kappa shape index (κ1) is 18.1. The van der Waals surface area contributed by atoms with E-state index in [0.29, 0.717) is 5.92 Å². The van der Waals surface area contributed by atoms with Gasteiger partial charge < -0.3 is 15.5 Å². The van der Waals surface area contributed by atoms with Crippen LogP contribution < -0.4 is 15.5 Å². The first-order valence-electron chi connectivity index (χ1n) is 8.62. The molecule has 0 radical (unpaired) electrons. The Morgan fingerprint density at radius 1 is 1.36 bits per heavy atom. The van der Waals surface area contributed by atoms with Crippen LogP contribution in [-0.4, -0.2) is 32.6 Å². The minimum absolute atomic E-state index is 0.609. The number of thiophene rings is 1. The summed E-state index contributed by atoms with van der Waals surface area (Å²) in [7, 11) is 1.82. The van der Waals surface area contributed by atoms with E-state index >= 15 is 0 Å². The zero-order chi connectivity index (χ0) is 17.6. The number of nitrogens with zero attached hydrogens (tertiary/aromatic N) is 2. The lowest BCUT2D eigenvalue weighted by molar-refractivity contribution is 0.565. The molecule has 2 heterocycles. The number of anilines is 1. The summed E-state index contributed by atoms with van der Waals surface area (Å²) in [5.41, 5.74) is 3.83. The highest BCUT2D eigenvalue weighted by molar-refractivity contribution is 7.07. The monoisotopic (exact) mass is 376 g/mol. The molecule has 134 valence electrons. The number of nitrogens with one attached hydrogen (secondary N) is 2. The van der Waals surface area contributed by atoms with E-state index in [1.54, 1.807) is 11.3 Å². The Kier molecular flexibility index (Phi) is 6.21. The molecular formula is C19H25ClN4S. The van der Waals surface area contributed by atoms with Crippen LogP contribution in [0.1, 0.15) is 17.5 Å². The summed E-state index contributed by atoms with van der Waals surface area (Å²) in [5.74, 6) is 1.47. The minimum Gasteiger partial charge on any atom is -0.371 e. The molecule has 4 nitrogen and oxygen atoms in total. The lowest BCUT2D eigenvalue weighted by Gasteiger charge is -2.21. The molecule has 1 aromatic heterocycles. The van der Waals surface area contributed by atoms with Crippen LogP contribution in [0.15, 0.2) is 40.0 Å². The molecule has 0 bridgehead atoms. The molecule has 1 unspecified atom stereocenters. The van der Waals surface area contributed by atoms with Crippen molar-refractivity contribution < 1.29 is 0 Å². The van der Waals surface area contributed by atoms with E-state index in [4.69, 9.17) is 11.6 Å². The maximum Gasteiger partial charge on any atom is 0.191 e. The number of hydrogen-bond donors (Lipinski definition) is 2. The van der Waals surface area contributed by atoms with Crippen LogP contribution in [0.25, 0.3) is 0 Å². The molecular weight excluding hydrogens is 352 g/mol. The molecule has 0 saturated carbocycles. The van der Waals surface area contributed by atoms with Gasteiger partial charge in [-0.3, -0.25) is 4.99 Å². The van der Waals surface area contributed by atoms with Gasteiger partial charge in [0.15, 0.2) is 5.96 Å². The second-order valence-corrected chi connectivity index (χ2v) is 7.69. The lowest BCUT2D eigenvalue weighted by atomic mass is 10.1. The van der Waals surface area contributed by atoms with E-state index in [9.17, 15) is 0 Å². The van der Waals surface area contributed by atoms with Crippen LogP contribution in [0, 0.1) is 12.8 Å². The van der Waals surface area contributed by atoms with E-state index in [-0.39, 0.29) is 0 Å². The van der Waals surface area contributed by atoms with Gasteiger partial charge in [-0.05, 0) is 59.3 Å². The third-order valence-electron chi connectivity index (χ3n) is 4.62. The van der Waals surface area contributed by atoms with Gasteiger partial charge >= 0.3 is 0 Å². The lowest BCUT2D eigenvalue weighted by Crippen LogP contribution is -2.39. The van der Waals surface area contributed by atoms with Crippen molar-refractivity contribution in [2.45, 2.75) is 19.9 Å². The van der Waals surface area contributed by atoms with Gasteiger partial charge in [-0.15, -0.1) is 0 Å². The second kappa shape index (κ2) is 8.59. The normalized spacial score (nSPS) is 17.8. The smallest absolute Gasteiger partial charge is 0.191 e. The van der Waals surface area contributed by atoms with Gasteiger partial charge in [0.1, 0.15) is 0 Å². The predicted octanol–water partition coefficient (Wildman–Crippen LogP) is 3.90. The second-order valence-electron chi connectivity index (χ2n) is 6.47. The number of hydrogen-bond acceptors (Lipinski definition) is 3. The van der Waals surface area contributed by atoms with Crippen LogP contribution in [-0.2, 0) is 6.54 Å². The summed E-state index contributed by atoms with van der Waals surface area (Å²) in [6.45, 7) is 6.01. The molecule has 2 N–H and O–H groups in total.